The first-order valence-electron chi connectivity index (χ1n) is 6.72. The quantitative estimate of drug-likeness (QED) is 0.947. The van der Waals surface area contributed by atoms with E-state index in [0.717, 1.165) is 0 Å². The van der Waals surface area contributed by atoms with Gasteiger partial charge in [0.25, 0.3) is 0 Å². The third-order valence-corrected chi connectivity index (χ3v) is 3.86. The van der Waals surface area contributed by atoms with Gasteiger partial charge in [-0.25, -0.2) is 4.39 Å². The minimum Gasteiger partial charge on any atom is -0.486 e. The Morgan fingerprint density at radius 1 is 1.19 bits per heavy atom. The van der Waals surface area contributed by atoms with Gasteiger partial charge in [0, 0.05) is 16.6 Å². The van der Waals surface area contributed by atoms with E-state index in [1.54, 1.807) is 12.1 Å². The number of hydrogen-bond donors (Lipinski definition) is 1. The average Bonchev–Trinajstić information content (AvgIpc) is 2.50. The molecular formula is C16H15ClFNO2. The number of para-hydroxylation sites is 2. The minimum absolute atomic E-state index is 0.293. The van der Waals surface area contributed by atoms with Gasteiger partial charge < -0.3 is 15.2 Å². The molecule has 21 heavy (non-hydrogen) atoms. The van der Waals surface area contributed by atoms with Crippen molar-refractivity contribution in [2.45, 2.75) is 18.6 Å². The molecule has 0 spiro atoms. The molecule has 2 N–H and O–H groups in total. The van der Waals surface area contributed by atoms with Crippen LogP contribution in [0.5, 0.6) is 11.5 Å². The van der Waals surface area contributed by atoms with E-state index in [1.165, 1.54) is 6.07 Å². The Kier molecular flexibility index (Phi) is 3.99. The smallest absolute Gasteiger partial charge is 0.161 e. The van der Waals surface area contributed by atoms with E-state index in [1.807, 2.05) is 24.3 Å². The minimum atomic E-state index is -0.409. The van der Waals surface area contributed by atoms with Crippen LogP contribution in [0, 0.1) is 5.82 Å². The number of hydrogen-bond acceptors (Lipinski definition) is 3. The first kappa shape index (κ1) is 14.2. The van der Waals surface area contributed by atoms with Crippen LogP contribution in [0.4, 0.5) is 4.39 Å². The molecule has 0 bridgehead atoms. The van der Waals surface area contributed by atoms with Crippen LogP contribution in [0.15, 0.2) is 42.5 Å². The molecule has 2 unspecified atom stereocenters. The van der Waals surface area contributed by atoms with E-state index in [-0.39, 0.29) is 11.9 Å². The summed E-state index contributed by atoms with van der Waals surface area (Å²) < 4.78 is 25.3. The largest absolute Gasteiger partial charge is 0.486 e. The fourth-order valence-corrected chi connectivity index (χ4v) is 2.58. The second-order valence-electron chi connectivity index (χ2n) is 4.98. The Bertz CT molecular complexity index is 630. The summed E-state index contributed by atoms with van der Waals surface area (Å²) in [6.45, 7) is 0.338. The predicted molar refractivity (Wildman–Crippen MR) is 79.4 cm³/mol. The van der Waals surface area contributed by atoms with Crippen LogP contribution in [-0.2, 0) is 6.42 Å². The van der Waals surface area contributed by atoms with Crippen molar-refractivity contribution in [3.8, 4) is 11.5 Å². The molecule has 0 aromatic heterocycles. The number of rotatable bonds is 3. The molecule has 0 amide bonds. The van der Waals surface area contributed by atoms with E-state index in [0.29, 0.717) is 35.1 Å². The van der Waals surface area contributed by atoms with Crippen LogP contribution >= 0.6 is 11.6 Å². The van der Waals surface area contributed by atoms with E-state index < -0.39 is 6.04 Å². The monoisotopic (exact) mass is 307 g/mol. The molecule has 0 radical (unpaired) electrons. The second kappa shape index (κ2) is 5.92. The van der Waals surface area contributed by atoms with Gasteiger partial charge in [-0.1, -0.05) is 29.8 Å². The highest BCUT2D eigenvalue weighted by Crippen LogP contribution is 2.32. The summed E-state index contributed by atoms with van der Waals surface area (Å²) in [5.41, 5.74) is 6.56. The lowest BCUT2D eigenvalue weighted by Crippen LogP contribution is -2.46. The highest BCUT2D eigenvalue weighted by molar-refractivity contribution is 6.31. The molecule has 3 nitrogen and oxygen atoms in total. The standard InChI is InChI=1S/C16H15ClFNO2/c17-11-4-3-5-12(18)10(11)8-13(19)16-9-20-14-6-1-2-7-15(14)21-16/h1-7,13,16H,8-9,19H2. The van der Waals surface area contributed by atoms with Crippen molar-refractivity contribution in [1.29, 1.82) is 0 Å². The van der Waals surface area contributed by atoms with E-state index in [2.05, 4.69) is 0 Å². The van der Waals surface area contributed by atoms with Crippen LogP contribution in [-0.4, -0.2) is 18.8 Å². The molecule has 3 rings (SSSR count). The van der Waals surface area contributed by atoms with Gasteiger partial charge in [-0.2, -0.15) is 0 Å². The third-order valence-electron chi connectivity index (χ3n) is 3.51. The first-order valence-corrected chi connectivity index (χ1v) is 7.10. The summed E-state index contributed by atoms with van der Waals surface area (Å²) in [5.74, 6) is 1.00. The lowest BCUT2D eigenvalue weighted by molar-refractivity contribution is 0.0721. The van der Waals surface area contributed by atoms with Gasteiger partial charge in [0.2, 0.25) is 0 Å². The topological polar surface area (TPSA) is 44.5 Å². The van der Waals surface area contributed by atoms with Gasteiger partial charge in [0.15, 0.2) is 11.5 Å². The van der Waals surface area contributed by atoms with Gasteiger partial charge in [-0.3, -0.25) is 0 Å². The molecule has 5 heteroatoms. The molecule has 110 valence electrons. The summed E-state index contributed by atoms with van der Waals surface area (Å²) in [7, 11) is 0. The van der Waals surface area contributed by atoms with E-state index in [4.69, 9.17) is 26.8 Å². The van der Waals surface area contributed by atoms with Gasteiger partial charge >= 0.3 is 0 Å². The highest BCUT2D eigenvalue weighted by atomic mass is 35.5. The fourth-order valence-electron chi connectivity index (χ4n) is 2.34. The van der Waals surface area contributed by atoms with Crippen LogP contribution in [0.25, 0.3) is 0 Å². The Morgan fingerprint density at radius 2 is 1.95 bits per heavy atom. The summed E-state index contributed by atoms with van der Waals surface area (Å²) in [4.78, 5) is 0. The van der Waals surface area contributed by atoms with Crippen molar-refractivity contribution in [2.24, 2.45) is 5.73 Å². The Morgan fingerprint density at radius 3 is 2.71 bits per heavy atom. The van der Waals surface area contributed by atoms with E-state index >= 15 is 0 Å². The Labute approximate surface area is 127 Å². The van der Waals surface area contributed by atoms with Crippen molar-refractivity contribution in [1.82, 2.24) is 0 Å². The molecule has 0 saturated carbocycles. The Hall–Kier alpha value is -1.78. The lowest BCUT2D eigenvalue weighted by atomic mass is 10.0. The SMILES string of the molecule is NC(Cc1c(F)cccc1Cl)C1COc2ccccc2O1. The lowest BCUT2D eigenvalue weighted by Gasteiger charge is -2.30. The summed E-state index contributed by atoms with van der Waals surface area (Å²) in [5, 5.41) is 0.377. The maximum Gasteiger partial charge on any atom is 0.161 e. The predicted octanol–water partition coefficient (Wildman–Crippen LogP) is 3.19. The molecule has 0 aliphatic carbocycles. The molecule has 2 atom stereocenters. The number of benzene rings is 2. The van der Waals surface area contributed by atoms with E-state index in [9.17, 15) is 4.39 Å². The Balaban J connectivity index is 1.74. The maximum absolute atomic E-state index is 13.8. The van der Waals surface area contributed by atoms with Gasteiger partial charge in [0.1, 0.15) is 18.5 Å². The highest BCUT2D eigenvalue weighted by Gasteiger charge is 2.27. The zero-order valence-corrected chi connectivity index (χ0v) is 12.0. The van der Waals surface area contributed by atoms with Crippen molar-refractivity contribution in [3.63, 3.8) is 0 Å². The molecule has 2 aromatic carbocycles. The van der Waals surface area contributed by atoms with Crippen LogP contribution in [0.2, 0.25) is 5.02 Å². The van der Waals surface area contributed by atoms with Gasteiger partial charge in [-0.15, -0.1) is 0 Å². The van der Waals surface area contributed by atoms with Gasteiger partial charge in [-0.05, 0) is 30.7 Å². The summed E-state index contributed by atoms with van der Waals surface area (Å²) in [6.07, 6.45) is -0.0441. The third kappa shape index (κ3) is 2.96. The molecule has 1 aliphatic rings. The van der Waals surface area contributed by atoms with Crippen molar-refractivity contribution >= 4 is 11.6 Å². The van der Waals surface area contributed by atoms with Crippen LogP contribution in [0.1, 0.15) is 5.56 Å². The van der Waals surface area contributed by atoms with Crippen molar-refractivity contribution < 1.29 is 13.9 Å². The zero-order valence-electron chi connectivity index (χ0n) is 11.3. The molecular weight excluding hydrogens is 293 g/mol. The van der Waals surface area contributed by atoms with Gasteiger partial charge in [0.05, 0.1) is 0 Å². The number of ether oxygens (including phenoxy) is 2. The summed E-state index contributed by atoms with van der Waals surface area (Å²) in [6, 6.07) is 11.6. The molecule has 1 heterocycles. The molecule has 2 aromatic rings. The molecule has 0 fully saturated rings. The van der Waals surface area contributed by atoms with Crippen molar-refractivity contribution in [3.05, 3.63) is 58.9 Å². The van der Waals surface area contributed by atoms with Crippen LogP contribution < -0.4 is 15.2 Å². The second-order valence-corrected chi connectivity index (χ2v) is 5.39. The normalized spacial score (nSPS) is 18.3. The average molecular weight is 308 g/mol. The maximum atomic E-state index is 13.8. The molecule has 1 aliphatic heterocycles. The first-order chi connectivity index (χ1) is 10.1. The summed E-state index contributed by atoms with van der Waals surface area (Å²) >= 11 is 6.03. The number of fused-ring (bicyclic) bond motifs is 1. The molecule has 0 saturated heterocycles. The number of nitrogens with two attached hydrogens (primary N) is 1. The number of halogens is 2. The van der Waals surface area contributed by atoms with Crippen LogP contribution in [0.3, 0.4) is 0 Å². The zero-order chi connectivity index (χ0) is 14.8. The fraction of sp³-hybridized carbons (Fsp3) is 0.250. The van der Waals surface area contributed by atoms with Crippen molar-refractivity contribution in [2.75, 3.05) is 6.61 Å².